The summed E-state index contributed by atoms with van der Waals surface area (Å²) >= 11 is 1.46. The quantitative estimate of drug-likeness (QED) is 0.472. The number of ketones is 1. The van der Waals surface area contributed by atoms with Crippen LogP contribution in [0.4, 0.5) is 0 Å². The van der Waals surface area contributed by atoms with E-state index in [0.717, 1.165) is 59.5 Å². The SMILES string of the molecule is CCN(CCCN(C)CC(C)C)CC(=O)c1sc(-c2ccccc2OC)nc1C. The molecule has 1 aromatic heterocycles. The number of carbonyl (C=O) groups is 1. The van der Waals surface area contributed by atoms with Crippen molar-refractivity contribution in [3.8, 4) is 16.3 Å². The van der Waals surface area contributed by atoms with Crippen molar-refractivity contribution in [2.75, 3.05) is 46.9 Å². The number of carbonyl (C=O) groups excluding carboxylic acids is 1. The molecule has 0 radical (unpaired) electrons. The fraction of sp³-hybridized carbons (Fsp3) is 0.565. The fourth-order valence-corrected chi connectivity index (χ4v) is 4.52. The van der Waals surface area contributed by atoms with Crippen molar-refractivity contribution in [3.05, 3.63) is 34.8 Å². The van der Waals surface area contributed by atoms with Crippen LogP contribution in [0, 0.1) is 12.8 Å². The zero-order chi connectivity index (χ0) is 21.4. The third-order valence-corrected chi connectivity index (χ3v) is 6.12. The molecule has 29 heavy (non-hydrogen) atoms. The van der Waals surface area contributed by atoms with Crippen LogP contribution in [0.15, 0.2) is 24.3 Å². The van der Waals surface area contributed by atoms with E-state index in [-0.39, 0.29) is 5.78 Å². The number of Topliss-reactive ketones (excluding diaryl/α,β-unsaturated/α-hetero) is 1. The number of para-hydroxylation sites is 1. The van der Waals surface area contributed by atoms with E-state index in [9.17, 15) is 4.79 Å². The Hall–Kier alpha value is -1.76. The molecular weight excluding hydrogens is 382 g/mol. The number of ether oxygens (including phenoxy) is 1. The Morgan fingerprint density at radius 1 is 1.24 bits per heavy atom. The van der Waals surface area contributed by atoms with Gasteiger partial charge in [0.1, 0.15) is 10.8 Å². The molecule has 0 atom stereocenters. The highest BCUT2D eigenvalue weighted by atomic mass is 32.1. The third kappa shape index (κ3) is 6.91. The Morgan fingerprint density at radius 3 is 2.62 bits per heavy atom. The number of thiazole rings is 1. The van der Waals surface area contributed by atoms with Gasteiger partial charge in [-0.25, -0.2) is 4.98 Å². The number of rotatable bonds is 12. The van der Waals surface area contributed by atoms with Crippen LogP contribution < -0.4 is 4.74 Å². The number of methoxy groups -OCH3 is 1. The average Bonchev–Trinajstić information content (AvgIpc) is 3.08. The first-order valence-electron chi connectivity index (χ1n) is 10.4. The van der Waals surface area contributed by atoms with Gasteiger partial charge in [-0.3, -0.25) is 9.69 Å². The van der Waals surface area contributed by atoms with Gasteiger partial charge in [0.25, 0.3) is 0 Å². The first-order chi connectivity index (χ1) is 13.8. The second kappa shape index (κ2) is 11.4. The predicted octanol–water partition coefficient (Wildman–Crippen LogP) is 4.61. The Bertz CT molecular complexity index is 788. The summed E-state index contributed by atoms with van der Waals surface area (Å²) in [6, 6.07) is 7.80. The fourth-order valence-electron chi connectivity index (χ4n) is 3.49. The van der Waals surface area contributed by atoms with Crippen LogP contribution in [0.3, 0.4) is 0 Å². The Labute approximate surface area is 179 Å². The zero-order valence-electron chi connectivity index (χ0n) is 18.7. The van der Waals surface area contributed by atoms with Gasteiger partial charge < -0.3 is 9.64 Å². The van der Waals surface area contributed by atoms with E-state index >= 15 is 0 Å². The maximum Gasteiger partial charge on any atom is 0.188 e. The van der Waals surface area contributed by atoms with E-state index in [1.165, 1.54) is 11.3 Å². The van der Waals surface area contributed by atoms with E-state index in [1.807, 2.05) is 31.2 Å². The molecule has 1 heterocycles. The Kier molecular flexibility index (Phi) is 9.27. The molecule has 0 saturated carbocycles. The van der Waals surface area contributed by atoms with Crippen LogP contribution in [-0.4, -0.2) is 67.4 Å². The molecule has 2 rings (SSSR count). The second-order valence-corrected chi connectivity index (χ2v) is 8.93. The van der Waals surface area contributed by atoms with E-state index in [0.29, 0.717) is 12.5 Å². The summed E-state index contributed by atoms with van der Waals surface area (Å²) in [6.07, 6.45) is 1.07. The minimum Gasteiger partial charge on any atom is -0.496 e. The number of hydrogen-bond donors (Lipinski definition) is 0. The van der Waals surface area contributed by atoms with Crippen molar-refractivity contribution in [2.45, 2.75) is 34.1 Å². The van der Waals surface area contributed by atoms with Gasteiger partial charge in [-0.1, -0.05) is 32.9 Å². The van der Waals surface area contributed by atoms with Crippen LogP contribution in [0.2, 0.25) is 0 Å². The second-order valence-electron chi connectivity index (χ2n) is 7.94. The summed E-state index contributed by atoms with van der Waals surface area (Å²) in [5.41, 5.74) is 1.73. The van der Waals surface area contributed by atoms with E-state index < -0.39 is 0 Å². The van der Waals surface area contributed by atoms with Gasteiger partial charge in [-0.2, -0.15) is 0 Å². The monoisotopic (exact) mass is 417 g/mol. The third-order valence-electron chi connectivity index (χ3n) is 4.89. The maximum atomic E-state index is 13.0. The number of aromatic nitrogens is 1. The summed E-state index contributed by atoms with van der Waals surface area (Å²) in [5, 5.41) is 0.835. The predicted molar refractivity (Wildman–Crippen MR) is 122 cm³/mol. The molecule has 5 nitrogen and oxygen atoms in total. The summed E-state index contributed by atoms with van der Waals surface area (Å²) in [4.78, 5) is 23.0. The Morgan fingerprint density at radius 2 is 1.97 bits per heavy atom. The molecule has 0 bridgehead atoms. The van der Waals surface area contributed by atoms with Crippen LogP contribution in [0.25, 0.3) is 10.6 Å². The molecule has 2 aromatic rings. The first-order valence-corrected chi connectivity index (χ1v) is 11.2. The van der Waals surface area contributed by atoms with Gasteiger partial charge >= 0.3 is 0 Å². The number of aryl methyl sites for hydroxylation is 1. The van der Waals surface area contributed by atoms with Gasteiger partial charge in [0, 0.05) is 6.54 Å². The molecule has 160 valence electrons. The van der Waals surface area contributed by atoms with Crippen LogP contribution in [0.1, 0.15) is 42.6 Å². The van der Waals surface area contributed by atoms with Gasteiger partial charge in [0.05, 0.1) is 29.8 Å². The molecule has 0 aliphatic rings. The summed E-state index contributed by atoms with van der Waals surface area (Å²) in [7, 11) is 3.82. The van der Waals surface area contributed by atoms with E-state index in [1.54, 1.807) is 7.11 Å². The highest BCUT2D eigenvalue weighted by molar-refractivity contribution is 7.17. The summed E-state index contributed by atoms with van der Waals surface area (Å²) in [5.74, 6) is 1.61. The molecule has 0 saturated heterocycles. The van der Waals surface area contributed by atoms with E-state index in [2.05, 4.69) is 42.6 Å². The van der Waals surface area contributed by atoms with Crippen molar-refractivity contribution >= 4 is 17.1 Å². The van der Waals surface area contributed by atoms with Crippen LogP contribution >= 0.6 is 11.3 Å². The smallest absolute Gasteiger partial charge is 0.188 e. The molecule has 0 amide bonds. The van der Waals surface area contributed by atoms with Crippen LogP contribution in [-0.2, 0) is 0 Å². The molecule has 0 spiro atoms. The summed E-state index contributed by atoms with van der Waals surface area (Å²) < 4.78 is 5.45. The van der Waals surface area contributed by atoms with E-state index in [4.69, 9.17) is 4.74 Å². The average molecular weight is 418 g/mol. The van der Waals surface area contributed by atoms with Crippen molar-refractivity contribution in [3.63, 3.8) is 0 Å². The highest BCUT2D eigenvalue weighted by Gasteiger charge is 2.20. The minimum absolute atomic E-state index is 0.151. The normalized spacial score (nSPS) is 11.6. The number of likely N-dealkylation sites (N-methyl/N-ethyl adjacent to an activating group) is 1. The molecule has 0 aliphatic carbocycles. The molecule has 0 unspecified atom stereocenters. The first kappa shape index (κ1) is 23.5. The van der Waals surface area contributed by atoms with Gasteiger partial charge in [0.15, 0.2) is 5.78 Å². The van der Waals surface area contributed by atoms with Crippen molar-refractivity contribution < 1.29 is 9.53 Å². The minimum atomic E-state index is 0.151. The van der Waals surface area contributed by atoms with Gasteiger partial charge in [0.2, 0.25) is 0 Å². The zero-order valence-corrected chi connectivity index (χ0v) is 19.5. The topological polar surface area (TPSA) is 45.7 Å². The largest absolute Gasteiger partial charge is 0.496 e. The lowest BCUT2D eigenvalue weighted by atomic mass is 10.2. The van der Waals surface area contributed by atoms with Gasteiger partial charge in [-0.05, 0) is 58.1 Å². The number of hydrogen-bond acceptors (Lipinski definition) is 6. The van der Waals surface area contributed by atoms with Gasteiger partial charge in [-0.15, -0.1) is 11.3 Å². The molecule has 0 aliphatic heterocycles. The standard InChI is InChI=1S/C23H35N3O2S/c1-7-26(14-10-13-25(5)15-17(2)3)16-20(27)22-18(4)24-23(29-22)19-11-8-9-12-21(19)28-6/h8-9,11-12,17H,7,10,13-16H2,1-6H3. The Balaban J connectivity index is 2.00. The molecule has 6 heteroatoms. The summed E-state index contributed by atoms with van der Waals surface area (Å²) in [6.45, 7) is 12.9. The number of benzene rings is 1. The molecule has 1 aromatic carbocycles. The van der Waals surface area contributed by atoms with Crippen molar-refractivity contribution in [1.29, 1.82) is 0 Å². The van der Waals surface area contributed by atoms with Crippen molar-refractivity contribution in [1.82, 2.24) is 14.8 Å². The highest BCUT2D eigenvalue weighted by Crippen LogP contribution is 2.34. The lowest BCUT2D eigenvalue weighted by Gasteiger charge is -2.23. The lowest BCUT2D eigenvalue weighted by Crippen LogP contribution is -2.33. The number of nitrogens with zero attached hydrogens (tertiary/aromatic N) is 3. The molecule has 0 N–H and O–H groups in total. The molecule has 0 fully saturated rings. The van der Waals surface area contributed by atoms with Crippen molar-refractivity contribution in [2.24, 2.45) is 5.92 Å². The lowest BCUT2D eigenvalue weighted by molar-refractivity contribution is 0.0934. The maximum absolute atomic E-state index is 13.0. The molecular formula is C23H35N3O2S. The van der Waals surface area contributed by atoms with Crippen LogP contribution in [0.5, 0.6) is 5.75 Å².